The second-order valence-electron chi connectivity index (χ2n) is 8.40. The molecule has 1 amide bonds. The molecular formula is C22H34N4O. The molecule has 0 bridgehead atoms. The lowest BCUT2D eigenvalue weighted by Crippen LogP contribution is -2.50. The van der Waals surface area contributed by atoms with Crippen molar-refractivity contribution in [2.24, 2.45) is 5.41 Å². The summed E-state index contributed by atoms with van der Waals surface area (Å²) < 4.78 is 0. The third kappa shape index (κ3) is 4.52. The number of aromatic nitrogens is 1. The maximum Gasteiger partial charge on any atom is 0.269 e. The van der Waals surface area contributed by atoms with Crippen LogP contribution in [0.15, 0.2) is 30.0 Å². The lowest BCUT2D eigenvalue weighted by Gasteiger charge is -2.42. The molecule has 1 atom stereocenters. The first-order valence-electron chi connectivity index (χ1n) is 10.3. The molecule has 1 aromatic heterocycles. The Bertz CT molecular complexity index is 672. The minimum Gasteiger partial charge on any atom is -0.368 e. The minimum absolute atomic E-state index is 0.137. The summed E-state index contributed by atoms with van der Waals surface area (Å²) in [5.74, 6) is -0.137. The fourth-order valence-corrected chi connectivity index (χ4v) is 4.17. The molecule has 5 nitrogen and oxygen atoms in total. The third-order valence-corrected chi connectivity index (χ3v) is 6.54. The molecule has 1 aliphatic heterocycles. The molecule has 0 saturated carbocycles. The Balaban J connectivity index is 1.53. The van der Waals surface area contributed by atoms with E-state index in [1.54, 1.807) is 12.6 Å². The highest BCUT2D eigenvalue weighted by Gasteiger charge is 2.29. The fraction of sp³-hybridized carbons (Fsp3) is 0.636. The van der Waals surface area contributed by atoms with Crippen molar-refractivity contribution in [1.82, 2.24) is 15.2 Å². The Kier molecular flexibility index (Phi) is 6.20. The smallest absolute Gasteiger partial charge is 0.269 e. The number of allylic oxidation sites excluding steroid dienone is 1. The highest BCUT2D eigenvalue weighted by molar-refractivity contribution is 5.92. The first kappa shape index (κ1) is 19.9. The van der Waals surface area contributed by atoms with Crippen molar-refractivity contribution in [3.8, 4) is 0 Å². The molecule has 1 aromatic rings. The van der Waals surface area contributed by atoms with E-state index in [9.17, 15) is 4.79 Å². The van der Waals surface area contributed by atoms with Gasteiger partial charge >= 0.3 is 0 Å². The number of hydrogen-bond donors (Lipinski definition) is 1. The summed E-state index contributed by atoms with van der Waals surface area (Å²) in [5.41, 5.74) is 3.59. The van der Waals surface area contributed by atoms with Gasteiger partial charge in [-0.25, -0.2) is 4.98 Å². The molecule has 2 aliphatic rings. The summed E-state index contributed by atoms with van der Waals surface area (Å²) in [7, 11) is 1.63. The highest BCUT2D eigenvalue weighted by atomic mass is 16.1. The molecule has 1 unspecified atom stereocenters. The Labute approximate surface area is 163 Å². The summed E-state index contributed by atoms with van der Waals surface area (Å²) in [6.45, 7) is 11.3. The van der Waals surface area contributed by atoms with Crippen molar-refractivity contribution in [2.45, 2.75) is 52.5 Å². The fourth-order valence-electron chi connectivity index (χ4n) is 4.17. The van der Waals surface area contributed by atoms with Crippen LogP contribution in [0.1, 0.15) is 56.9 Å². The van der Waals surface area contributed by atoms with Crippen molar-refractivity contribution in [1.29, 1.82) is 0 Å². The van der Waals surface area contributed by atoms with Gasteiger partial charge in [-0.15, -0.1) is 0 Å². The van der Waals surface area contributed by atoms with Gasteiger partial charge in [-0.05, 0) is 43.2 Å². The van der Waals surface area contributed by atoms with E-state index in [0.29, 0.717) is 17.2 Å². The normalized spacial score (nSPS) is 21.7. The summed E-state index contributed by atoms with van der Waals surface area (Å²) in [6, 6.07) is 4.51. The average molecular weight is 371 g/mol. The molecule has 3 rings (SSSR count). The van der Waals surface area contributed by atoms with Gasteiger partial charge in [-0.1, -0.05) is 32.4 Å². The van der Waals surface area contributed by atoms with Gasteiger partial charge in [-0.2, -0.15) is 0 Å². The second-order valence-corrected chi connectivity index (χ2v) is 8.40. The molecule has 1 N–H and O–H groups in total. The molecule has 0 aromatic carbocycles. The van der Waals surface area contributed by atoms with E-state index in [1.807, 2.05) is 18.3 Å². The van der Waals surface area contributed by atoms with Gasteiger partial charge in [0.15, 0.2) is 0 Å². The molecular weight excluding hydrogens is 336 g/mol. The van der Waals surface area contributed by atoms with E-state index >= 15 is 0 Å². The molecule has 2 heterocycles. The lowest BCUT2D eigenvalue weighted by molar-refractivity contribution is 0.0958. The van der Waals surface area contributed by atoms with Crippen molar-refractivity contribution < 1.29 is 4.79 Å². The summed E-state index contributed by atoms with van der Waals surface area (Å²) in [5, 5.41) is 2.61. The summed E-state index contributed by atoms with van der Waals surface area (Å²) >= 11 is 0. The maximum absolute atomic E-state index is 11.6. The molecule has 148 valence electrons. The number of nitrogens with one attached hydrogen (secondary N) is 1. The number of nitrogens with zero attached hydrogens (tertiary/aromatic N) is 3. The standard InChI is InChI=1S/C22H34N4O/c1-5-22(2,3)17-6-8-18(9-7-17)25-12-14-26(15-13-25)19-10-11-20(24-16-19)21(27)23-4/h6,10-11,16,18H,5,7-9,12-15H2,1-4H3,(H,23,27). The van der Waals surface area contributed by atoms with Crippen LogP contribution in [-0.2, 0) is 0 Å². The third-order valence-electron chi connectivity index (χ3n) is 6.54. The van der Waals surface area contributed by atoms with E-state index in [1.165, 1.54) is 25.7 Å². The number of amides is 1. The predicted octanol–water partition coefficient (Wildman–Crippen LogP) is 3.48. The Morgan fingerprint density at radius 1 is 1.26 bits per heavy atom. The Morgan fingerprint density at radius 2 is 2.00 bits per heavy atom. The average Bonchev–Trinajstić information content (AvgIpc) is 2.73. The number of anilines is 1. The molecule has 1 aliphatic carbocycles. The zero-order chi connectivity index (χ0) is 19.4. The number of carbonyl (C=O) groups is 1. The van der Waals surface area contributed by atoms with Crippen LogP contribution < -0.4 is 10.2 Å². The highest BCUT2D eigenvalue weighted by Crippen LogP contribution is 2.37. The quantitative estimate of drug-likeness (QED) is 0.806. The van der Waals surface area contributed by atoms with E-state index in [0.717, 1.165) is 31.9 Å². The number of pyridine rings is 1. The van der Waals surface area contributed by atoms with Gasteiger partial charge in [0.1, 0.15) is 5.69 Å². The van der Waals surface area contributed by atoms with Crippen molar-refractivity contribution in [2.75, 3.05) is 38.1 Å². The Hall–Kier alpha value is -1.88. The largest absolute Gasteiger partial charge is 0.368 e. The molecule has 27 heavy (non-hydrogen) atoms. The first-order valence-corrected chi connectivity index (χ1v) is 10.3. The van der Waals surface area contributed by atoms with Crippen LogP contribution in [0.5, 0.6) is 0 Å². The zero-order valence-electron chi connectivity index (χ0n) is 17.3. The van der Waals surface area contributed by atoms with E-state index in [-0.39, 0.29) is 5.91 Å². The predicted molar refractivity (Wildman–Crippen MR) is 111 cm³/mol. The second kappa shape index (κ2) is 8.42. The van der Waals surface area contributed by atoms with Crippen molar-refractivity contribution in [3.05, 3.63) is 35.7 Å². The van der Waals surface area contributed by atoms with Crippen LogP contribution in [0.2, 0.25) is 0 Å². The number of hydrogen-bond acceptors (Lipinski definition) is 4. The van der Waals surface area contributed by atoms with E-state index in [2.05, 4.69) is 46.9 Å². The first-order chi connectivity index (χ1) is 12.9. The van der Waals surface area contributed by atoms with Gasteiger partial charge in [0.25, 0.3) is 5.91 Å². The molecule has 0 spiro atoms. The number of carbonyl (C=O) groups excluding carboxylic acids is 1. The van der Waals surface area contributed by atoms with Crippen LogP contribution in [0, 0.1) is 5.41 Å². The van der Waals surface area contributed by atoms with Crippen LogP contribution in [0.4, 0.5) is 5.69 Å². The van der Waals surface area contributed by atoms with Crippen LogP contribution in [-0.4, -0.2) is 55.1 Å². The molecule has 5 heteroatoms. The SMILES string of the molecule is CCC(C)(C)C1=CCC(N2CCN(c3ccc(C(=O)NC)nc3)CC2)CC1. The van der Waals surface area contributed by atoms with Gasteiger partial charge in [-0.3, -0.25) is 9.69 Å². The van der Waals surface area contributed by atoms with Gasteiger partial charge < -0.3 is 10.2 Å². The van der Waals surface area contributed by atoms with E-state index < -0.39 is 0 Å². The zero-order valence-corrected chi connectivity index (χ0v) is 17.3. The topological polar surface area (TPSA) is 48.5 Å². The van der Waals surface area contributed by atoms with Gasteiger partial charge in [0, 0.05) is 39.3 Å². The van der Waals surface area contributed by atoms with Crippen LogP contribution in [0.3, 0.4) is 0 Å². The molecule has 1 fully saturated rings. The van der Waals surface area contributed by atoms with E-state index in [4.69, 9.17) is 0 Å². The number of rotatable bonds is 5. The van der Waals surface area contributed by atoms with Gasteiger partial charge in [0.2, 0.25) is 0 Å². The minimum atomic E-state index is -0.137. The molecule has 1 saturated heterocycles. The van der Waals surface area contributed by atoms with Crippen molar-refractivity contribution >= 4 is 11.6 Å². The maximum atomic E-state index is 11.6. The lowest BCUT2D eigenvalue weighted by atomic mass is 9.76. The van der Waals surface area contributed by atoms with Crippen LogP contribution >= 0.6 is 0 Å². The van der Waals surface area contributed by atoms with Crippen molar-refractivity contribution in [3.63, 3.8) is 0 Å². The Morgan fingerprint density at radius 3 is 2.52 bits per heavy atom. The van der Waals surface area contributed by atoms with Crippen LogP contribution in [0.25, 0.3) is 0 Å². The van der Waals surface area contributed by atoms with Gasteiger partial charge in [0.05, 0.1) is 11.9 Å². The summed E-state index contributed by atoms with van der Waals surface area (Å²) in [6.07, 6.45) is 9.29. The summed E-state index contributed by atoms with van der Waals surface area (Å²) in [4.78, 5) is 21.0. The monoisotopic (exact) mass is 370 g/mol. The molecule has 0 radical (unpaired) electrons. The number of piperazine rings is 1.